The lowest BCUT2D eigenvalue weighted by molar-refractivity contribution is -0.687. The number of nitrogens with zero attached hydrogens (tertiary/aromatic N) is 5. The van der Waals surface area contributed by atoms with Gasteiger partial charge in [0.2, 0.25) is 16.6 Å². The third-order valence-corrected chi connectivity index (χ3v) is 9.23. The highest BCUT2D eigenvalue weighted by molar-refractivity contribution is 8.00. The predicted molar refractivity (Wildman–Crippen MR) is 150 cm³/mol. The molecule has 5 rings (SSSR count). The molecule has 0 bridgehead atoms. The number of β-lactam (4-membered cyclic amide) rings is 1. The van der Waals surface area contributed by atoms with Gasteiger partial charge in [-0.3, -0.25) is 19.3 Å². The van der Waals surface area contributed by atoms with Crippen molar-refractivity contribution in [3.05, 3.63) is 45.9 Å². The highest BCUT2D eigenvalue weighted by Crippen LogP contribution is 2.40. The summed E-state index contributed by atoms with van der Waals surface area (Å²) >= 11 is 3.65. The zero-order valence-corrected chi connectivity index (χ0v) is 24.3. The van der Waals surface area contributed by atoms with E-state index in [1.807, 2.05) is 0 Å². The number of oxime groups is 1. The quantitative estimate of drug-likeness (QED) is 0.0812. The summed E-state index contributed by atoms with van der Waals surface area (Å²) in [7, 11) is 1.53. The fraction of sp³-hybridized carbons (Fsp3) is 0.304. The largest absolute Gasteiger partial charge is 0.478 e. The number of anilines is 1. The van der Waals surface area contributed by atoms with Crippen molar-refractivity contribution in [2.75, 3.05) is 18.5 Å². The van der Waals surface area contributed by atoms with E-state index in [9.17, 15) is 29.1 Å². The van der Waals surface area contributed by atoms with E-state index in [1.54, 1.807) is 26.9 Å². The van der Waals surface area contributed by atoms with Crippen LogP contribution in [0.4, 0.5) is 5.13 Å². The lowest BCUT2D eigenvalue weighted by Crippen LogP contribution is -2.71. The Morgan fingerprint density at radius 2 is 2.05 bits per heavy atom. The first kappa shape index (κ1) is 29.0. The minimum absolute atomic E-state index is 0.0185. The third kappa shape index (κ3) is 5.28. The number of nitrogens with two attached hydrogens (primary N) is 1. The van der Waals surface area contributed by atoms with Crippen molar-refractivity contribution in [3.63, 3.8) is 0 Å². The molecular formula is C23H23N8O8S3+. The molecule has 1 fully saturated rings. The Labute approximate surface area is 248 Å². The molecule has 0 unspecified atom stereocenters. The van der Waals surface area contributed by atoms with Crippen LogP contribution >= 0.6 is 34.4 Å². The number of fused-ring (bicyclic) bond motifs is 2. The molecule has 3 amide bonds. The van der Waals surface area contributed by atoms with Crippen LogP contribution in [-0.4, -0.2) is 90.2 Å². The number of carbonyl (C=O) groups excluding carboxylic acids is 3. The smallest absolute Gasteiger partial charge is 0.352 e. The van der Waals surface area contributed by atoms with Gasteiger partial charge in [-0.1, -0.05) is 16.5 Å². The normalized spacial score (nSPS) is 19.2. The number of hydrogen-bond donors (Lipinski definition) is 5. The van der Waals surface area contributed by atoms with Crippen LogP contribution in [0, 0.1) is 0 Å². The lowest BCUT2D eigenvalue weighted by Gasteiger charge is -2.49. The second-order valence-corrected chi connectivity index (χ2v) is 11.9. The van der Waals surface area contributed by atoms with Crippen LogP contribution in [0.5, 0.6) is 0 Å². The van der Waals surface area contributed by atoms with Crippen LogP contribution in [0.3, 0.4) is 0 Å². The molecule has 3 atom stereocenters. The summed E-state index contributed by atoms with van der Waals surface area (Å²) in [6, 6.07) is -1.08. The zero-order valence-electron chi connectivity index (χ0n) is 21.8. The highest BCUT2D eigenvalue weighted by atomic mass is 32.2. The van der Waals surface area contributed by atoms with Crippen LogP contribution in [0.15, 0.2) is 39.7 Å². The third-order valence-electron chi connectivity index (χ3n) is 6.33. The number of carboxylic acid groups (broad SMARTS) is 2. The van der Waals surface area contributed by atoms with Crippen molar-refractivity contribution in [1.29, 1.82) is 0 Å². The molecule has 3 aromatic heterocycles. The summed E-state index contributed by atoms with van der Waals surface area (Å²) in [5.41, 5.74) is 6.02. The van der Waals surface area contributed by atoms with Gasteiger partial charge in [-0.25, -0.2) is 19.1 Å². The van der Waals surface area contributed by atoms with Crippen LogP contribution < -0.4 is 20.9 Å². The number of imidazole rings is 1. The fourth-order valence-electron chi connectivity index (χ4n) is 4.27. The molecule has 6 N–H and O–H groups in total. The summed E-state index contributed by atoms with van der Waals surface area (Å²) in [6.45, 7) is 1.38. The first-order chi connectivity index (χ1) is 20.0. The van der Waals surface area contributed by atoms with E-state index in [2.05, 4.69) is 20.8 Å². The predicted octanol–water partition coefficient (Wildman–Crippen LogP) is -0.681. The van der Waals surface area contributed by atoms with Gasteiger partial charge in [-0.15, -0.1) is 23.1 Å². The molecule has 0 radical (unpaired) electrons. The molecule has 0 saturated carbocycles. The van der Waals surface area contributed by atoms with E-state index in [0.29, 0.717) is 11.3 Å². The average Bonchev–Trinajstić information content (AvgIpc) is 3.66. The Morgan fingerprint density at radius 1 is 1.29 bits per heavy atom. The molecule has 3 aromatic rings. The fourth-order valence-corrected chi connectivity index (χ4v) is 7.07. The van der Waals surface area contributed by atoms with Gasteiger partial charge >= 0.3 is 11.9 Å². The number of thiazole rings is 2. The number of aliphatic carboxylic acids is 2. The highest BCUT2D eigenvalue weighted by Gasteiger charge is 2.54. The van der Waals surface area contributed by atoms with Crippen LogP contribution in [0.1, 0.15) is 23.1 Å². The van der Waals surface area contributed by atoms with Crippen LogP contribution in [-0.2, 0) is 30.6 Å². The zero-order chi connectivity index (χ0) is 30.3. The second kappa shape index (κ2) is 11.4. The van der Waals surface area contributed by atoms with E-state index in [4.69, 9.17) is 15.7 Å². The number of hydrogen-bond acceptors (Lipinski definition) is 12. The van der Waals surface area contributed by atoms with E-state index < -0.39 is 41.3 Å². The van der Waals surface area contributed by atoms with Crippen molar-refractivity contribution in [3.8, 4) is 0 Å². The van der Waals surface area contributed by atoms with Gasteiger partial charge in [0.15, 0.2) is 10.8 Å². The molecule has 0 spiro atoms. The SMILES string of the molecule is CNC(=O)c1csc2c[n+](CC3=C(C(=O)O)N4C(=O)[C@@H](NC(=O)/C(=N\O[C@@H](C)C(=O)O)c5csc(N)n5)[C@H]4SC3)cn12. The summed E-state index contributed by atoms with van der Waals surface area (Å²) in [5.74, 6) is -4.13. The van der Waals surface area contributed by atoms with Crippen molar-refractivity contribution < 1.29 is 43.6 Å². The number of carbonyl (C=O) groups is 5. The molecule has 2 aliphatic heterocycles. The maximum Gasteiger partial charge on any atom is 0.352 e. The first-order valence-corrected chi connectivity index (χ1v) is 14.9. The summed E-state index contributed by atoms with van der Waals surface area (Å²) in [5, 5.41) is 30.4. The number of amides is 3. The van der Waals surface area contributed by atoms with Gasteiger partial charge in [0.1, 0.15) is 35.5 Å². The Hall–Kier alpha value is -4.49. The summed E-state index contributed by atoms with van der Waals surface area (Å²) < 4.78 is 3.43. The van der Waals surface area contributed by atoms with Gasteiger partial charge in [-0.2, -0.15) is 4.40 Å². The molecule has 5 heterocycles. The molecule has 2 aliphatic rings. The van der Waals surface area contributed by atoms with E-state index in [0.717, 1.165) is 21.1 Å². The number of nitrogens with one attached hydrogen (secondary N) is 2. The molecule has 16 nitrogen and oxygen atoms in total. The van der Waals surface area contributed by atoms with Crippen molar-refractivity contribution in [1.82, 2.24) is 24.9 Å². The number of rotatable bonds is 10. The van der Waals surface area contributed by atoms with Crippen molar-refractivity contribution in [2.45, 2.75) is 31.0 Å². The van der Waals surface area contributed by atoms with Crippen molar-refractivity contribution in [2.24, 2.45) is 5.16 Å². The minimum Gasteiger partial charge on any atom is -0.478 e. The molecule has 0 aliphatic carbocycles. The number of aromatic nitrogens is 3. The summed E-state index contributed by atoms with van der Waals surface area (Å²) in [6.07, 6.45) is 2.09. The minimum atomic E-state index is -1.37. The topological polar surface area (TPSA) is 222 Å². The maximum atomic E-state index is 13.2. The monoisotopic (exact) mass is 635 g/mol. The van der Waals surface area contributed by atoms with Crippen LogP contribution in [0.25, 0.3) is 4.83 Å². The van der Waals surface area contributed by atoms with E-state index in [-0.39, 0.29) is 40.4 Å². The van der Waals surface area contributed by atoms with E-state index >= 15 is 0 Å². The standard InChI is InChI=1S/C23H22N8O8S3/c1-9(21(35)36)39-28-14(11-6-42-23(24)26-11)18(33)27-15-19(34)31-16(22(37)38)10(5-41-20(15)31)3-29-4-13-30(8-29)12(7-40-13)17(32)25-2/h4,6-9,15,20H,3,5H2,1-2H3,(H5-,24,25,26,27,32,33,35,36,37,38)/p+1/b28-14-/t9-,15+,20+/m0/s1. The van der Waals surface area contributed by atoms with Gasteiger partial charge < -0.3 is 31.4 Å². The molecule has 0 aromatic carbocycles. The van der Waals surface area contributed by atoms with Gasteiger partial charge in [0, 0.05) is 29.1 Å². The number of thioether (sulfide) groups is 1. The lowest BCUT2D eigenvalue weighted by atomic mass is 10.0. The van der Waals surface area contributed by atoms with Crippen molar-refractivity contribution >= 4 is 79.8 Å². The van der Waals surface area contributed by atoms with Gasteiger partial charge in [-0.05, 0) is 6.92 Å². The average molecular weight is 636 g/mol. The Balaban J connectivity index is 1.35. The molecular weight excluding hydrogens is 613 g/mol. The Bertz CT molecular complexity index is 1690. The number of carboxylic acids is 2. The van der Waals surface area contributed by atoms with Gasteiger partial charge in [0.25, 0.3) is 24.0 Å². The van der Waals surface area contributed by atoms with E-state index in [1.165, 1.54) is 42.5 Å². The second-order valence-electron chi connectivity index (χ2n) is 9.04. The molecule has 220 valence electrons. The molecule has 1 saturated heterocycles. The Kier molecular flexibility index (Phi) is 7.89. The summed E-state index contributed by atoms with van der Waals surface area (Å²) in [4.78, 5) is 72.7. The van der Waals surface area contributed by atoms with Crippen LogP contribution in [0.2, 0.25) is 0 Å². The maximum absolute atomic E-state index is 13.2. The van der Waals surface area contributed by atoms with Gasteiger partial charge in [0.05, 0.1) is 0 Å². The number of nitrogen functional groups attached to an aromatic ring is 1. The molecule has 42 heavy (non-hydrogen) atoms. The Morgan fingerprint density at radius 3 is 2.69 bits per heavy atom. The first-order valence-electron chi connectivity index (χ1n) is 12.1. The molecule has 19 heteroatoms.